The van der Waals surface area contributed by atoms with Gasteiger partial charge in [0, 0.05) is 45.1 Å². The van der Waals surface area contributed by atoms with Gasteiger partial charge in [0.05, 0.1) is 22.1 Å². The topological polar surface area (TPSA) is 59.1 Å². The van der Waals surface area contributed by atoms with Gasteiger partial charge in [0.25, 0.3) is 0 Å². The lowest BCUT2D eigenvalue weighted by Crippen LogP contribution is -2.68. The number of halogens is 2. The van der Waals surface area contributed by atoms with Crippen LogP contribution in [0.1, 0.15) is 70.4 Å². The van der Waals surface area contributed by atoms with Gasteiger partial charge in [-0.05, 0) is 92.3 Å². The molecular formula is C34H44Cl2N2O4. The van der Waals surface area contributed by atoms with Gasteiger partial charge in [0.1, 0.15) is 5.75 Å². The van der Waals surface area contributed by atoms with Crippen molar-refractivity contribution in [3.05, 3.63) is 63.6 Å². The summed E-state index contributed by atoms with van der Waals surface area (Å²) >= 11 is 12.4. The third kappa shape index (κ3) is 6.67. The number of hydrogen-bond acceptors (Lipinski definition) is 5. The summed E-state index contributed by atoms with van der Waals surface area (Å²) in [6.45, 7) is 9.41. The van der Waals surface area contributed by atoms with Crippen LogP contribution in [0, 0.1) is 11.8 Å². The van der Waals surface area contributed by atoms with Crippen molar-refractivity contribution in [2.24, 2.45) is 11.8 Å². The Morgan fingerprint density at radius 3 is 2.52 bits per heavy atom. The number of esters is 1. The molecule has 0 bridgehead atoms. The van der Waals surface area contributed by atoms with E-state index in [4.69, 9.17) is 32.7 Å². The van der Waals surface area contributed by atoms with E-state index in [0.717, 1.165) is 62.4 Å². The molecule has 2 aromatic rings. The summed E-state index contributed by atoms with van der Waals surface area (Å²) in [5.41, 5.74) is 1.25. The van der Waals surface area contributed by atoms with Gasteiger partial charge in [-0.1, -0.05) is 55.2 Å². The van der Waals surface area contributed by atoms with Crippen molar-refractivity contribution in [2.75, 3.05) is 33.3 Å². The van der Waals surface area contributed by atoms with Crippen LogP contribution in [0.15, 0.2) is 42.5 Å². The zero-order chi connectivity index (χ0) is 30.1. The van der Waals surface area contributed by atoms with Gasteiger partial charge >= 0.3 is 5.97 Å². The highest BCUT2D eigenvalue weighted by Crippen LogP contribution is 2.55. The Morgan fingerprint density at radius 1 is 1.07 bits per heavy atom. The van der Waals surface area contributed by atoms with Gasteiger partial charge in [-0.25, -0.2) is 0 Å². The van der Waals surface area contributed by atoms with E-state index in [1.807, 2.05) is 31.4 Å². The zero-order valence-electron chi connectivity index (χ0n) is 25.3. The number of likely N-dealkylation sites (tertiary alicyclic amines) is 1. The van der Waals surface area contributed by atoms with Gasteiger partial charge < -0.3 is 19.3 Å². The third-order valence-corrected chi connectivity index (χ3v) is 10.3. The number of carbonyl (C=O) groups excluding carboxylic acids is 2. The summed E-state index contributed by atoms with van der Waals surface area (Å²) < 4.78 is 12.1. The van der Waals surface area contributed by atoms with Gasteiger partial charge in [-0.3, -0.25) is 9.59 Å². The quantitative estimate of drug-likeness (QED) is 0.214. The highest BCUT2D eigenvalue weighted by atomic mass is 35.5. The molecule has 2 aliphatic carbocycles. The second kappa shape index (κ2) is 12.9. The molecular weight excluding hydrogens is 571 g/mol. The number of ether oxygens (including phenoxy) is 2. The number of benzene rings is 2. The molecule has 5 rings (SSSR count). The molecule has 1 amide bonds. The number of piperidine rings is 1. The fourth-order valence-corrected chi connectivity index (χ4v) is 7.77. The van der Waals surface area contributed by atoms with Crippen LogP contribution in [0.25, 0.3) is 0 Å². The summed E-state index contributed by atoms with van der Waals surface area (Å²) in [5.74, 6) is 1.44. The van der Waals surface area contributed by atoms with Crippen molar-refractivity contribution in [1.29, 1.82) is 0 Å². The zero-order valence-corrected chi connectivity index (χ0v) is 26.8. The minimum Gasteiger partial charge on any atom is -0.427 e. The maximum absolute atomic E-state index is 14.0. The molecule has 0 N–H and O–H groups in total. The number of nitrogens with zero attached hydrogens (tertiary/aromatic N) is 2. The molecule has 3 atom stereocenters. The highest BCUT2D eigenvalue weighted by Gasteiger charge is 2.60. The molecule has 2 saturated carbocycles. The van der Waals surface area contributed by atoms with Crippen molar-refractivity contribution in [2.45, 2.75) is 82.8 Å². The summed E-state index contributed by atoms with van der Waals surface area (Å²) in [7, 11) is 1.85. The van der Waals surface area contributed by atoms with Gasteiger partial charge in [-0.15, -0.1) is 0 Å². The van der Waals surface area contributed by atoms with E-state index in [2.05, 4.69) is 29.7 Å². The number of fused-ring (bicyclic) bond motifs is 1. The fourth-order valence-electron chi connectivity index (χ4n) is 7.45. The predicted octanol–water partition coefficient (Wildman–Crippen LogP) is 6.94. The highest BCUT2D eigenvalue weighted by molar-refractivity contribution is 6.42. The molecule has 3 aliphatic rings. The van der Waals surface area contributed by atoms with Crippen molar-refractivity contribution in [3.63, 3.8) is 0 Å². The molecule has 0 unspecified atom stereocenters. The first-order valence-electron chi connectivity index (χ1n) is 15.3. The molecule has 0 aromatic heterocycles. The molecule has 0 spiro atoms. The summed E-state index contributed by atoms with van der Waals surface area (Å²) in [6.07, 6.45) is 6.35. The van der Waals surface area contributed by atoms with E-state index in [-0.39, 0.29) is 29.8 Å². The fraction of sp³-hybridized carbons (Fsp3) is 0.588. The second-order valence-electron chi connectivity index (χ2n) is 13.1. The van der Waals surface area contributed by atoms with Gasteiger partial charge in [0.2, 0.25) is 5.91 Å². The van der Waals surface area contributed by atoms with E-state index in [9.17, 15) is 9.59 Å². The third-order valence-electron chi connectivity index (χ3n) is 9.59. The van der Waals surface area contributed by atoms with Crippen LogP contribution in [0.5, 0.6) is 5.75 Å². The number of hydrogen-bond donors (Lipinski definition) is 0. The van der Waals surface area contributed by atoms with Crippen molar-refractivity contribution in [1.82, 2.24) is 9.80 Å². The van der Waals surface area contributed by atoms with Crippen LogP contribution in [0.4, 0.5) is 0 Å². The molecule has 1 aliphatic heterocycles. The van der Waals surface area contributed by atoms with Crippen LogP contribution in [0.2, 0.25) is 10.0 Å². The molecule has 1 heterocycles. The van der Waals surface area contributed by atoms with Crippen LogP contribution < -0.4 is 4.74 Å². The summed E-state index contributed by atoms with van der Waals surface area (Å²) in [4.78, 5) is 30.6. The first kappa shape index (κ1) is 31.3. The largest absolute Gasteiger partial charge is 0.427 e. The second-order valence-corrected chi connectivity index (χ2v) is 13.9. The minimum atomic E-state index is -0.401. The molecule has 8 heteroatoms. The Bertz CT molecular complexity index is 1300. The molecule has 42 heavy (non-hydrogen) atoms. The van der Waals surface area contributed by atoms with E-state index < -0.39 is 5.60 Å². The van der Waals surface area contributed by atoms with E-state index >= 15 is 0 Å². The molecule has 0 radical (unpaired) electrons. The summed E-state index contributed by atoms with van der Waals surface area (Å²) in [6, 6.07) is 13.5. The Kier molecular flexibility index (Phi) is 9.58. The first-order chi connectivity index (χ1) is 20.0. The Balaban J connectivity index is 1.49. The average Bonchev–Trinajstić information content (AvgIpc) is 3.77. The normalized spacial score (nSPS) is 26.1. The van der Waals surface area contributed by atoms with Gasteiger partial charge in [0.15, 0.2) is 0 Å². The van der Waals surface area contributed by atoms with Crippen LogP contribution in [-0.2, 0) is 26.2 Å². The average molecular weight is 616 g/mol. The molecule has 6 nitrogen and oxygen atoms in total. The maximum Gasteiger partial charge on any atom is 0.308 e. The molecule has 3 fully saturated rings. The van der Waals surface area contributed by atoms with Crippen molar-refractivity contribution in [3.8, 4) is 5.75 Å². The van der Waals surface area contributed by atoms with Crippen LogP contribution >= 0.6 is 23.2 Å². The van der Waals surface area contributed by atoms with Crippen molar-refractivity contribution < 1.29 is 19.1 Å². The van der Waals surface area contributed by atoms with Crippen LogP contribution in [-0.4, -0.2) is 66.6 Å². The van der Waals surface area contributed by atoms with Gasteiger partial charge in [-0.2, -0.15) is 0 Å². The standard InChI is InChI=1S/C34H44Cl2N2O4/c1-23(2)20-38(32(40)17-26-10-11-30(35)31(36)16-26)28-12-13-34(41-4)22-37(21-25-8-9-25)15-14-33(34,19-28)27-6-5-7-29(18-27)42-24(3)39/h5-7,10-11,16,18,23,25,28H,8-9,12-15,17,19-22H2,1-4H3/t28-,33+,34+/m1/s1. The minimum absolute atomic E-state index is 0.0540. The monoisotopic (exact) mass is 614 g/mol. The Morgan fingerprint density at radius 2 is 1.86 bits per heavy atom. The lowest BCUT2D eigenvalue weighted by atomic mass is 9.55. The lowest BCUT2D eigenvalue weighted by Gasteiger charge is -2.61. The first-order valence-corrected chi connectivity index (χ1v) is 16.1. The number of amides is 1. The number of rotatable bonds is 10. The number of methoxy groups -OCH3 is 1. The SMILES string of the molecule is CO[C@]12CC[C@@H](N(CC(C)C)C(=O)Cc3ccc(Cl)c(Cl)c3)C[C@]1(c1cccc(OC(C)=O)c1)CCN(CC1CC1)C2. The molecule has 1 saturated heterocycles. The van der Waals surface area contributed by atoms with E-state index in [0.29, 0.717) is 28.3 Å². The number of carbonyl (C=O) groups is 2. The van der Waals surface area contributed by atoms with Crippen molar-refractivity contribution >= 4 is 35.1 Å². The predicted molar refractivity (Wildman–Crippen MR) is 167 cm³/mol. The summed E-state index contributed by atoms with van der Waals surface area (Å²) in [5, 5.41) is 0.950. The maximum atomic E-state index is 14.0. The van der Waals surface area contributed by atoms with Crippen LogP contribution in [0.3, 0.4) is 0 Å². The Labute approximate surface area is 260 Å². The lowest BCUT2D eigenvalue weighted by molar-refractivity contribution is -0.162. The smallest absolute Gasteiger partial charge is 0.308 e. The van der Waals surface area contributed by atoms with E-state index in [1.165, 1.54) is 19.8 Å². The Hall–Kier alpha value is -2.12. The molecule has 228 valence electrons. The van der Waals surface area contributed by atoms with E-state index in [1.54, 1.807) is 12.1 Å². The molecule has 2 aromatic carbocycles.